The van der Waals surface area contributed by atoms with Gasteiger partial charge in [-0.1, -0.05) is 60.7 Å². The highest BCUT2D eigenvalue weighted by Crippen LogP contribution is 2.30. The summed E-state index contributed by atoms with van der Waals surface area (Å²) in [4.78, 5) is 26.7. The lowest BCUT2D eigenvalue weighted by Gasteiger charge is -2.31. The normalized spacial score (nSPS) is 14.7. The van der Waals surface area contributed by atoms with E-state index in [4.69, 9.17) is 4.74 Å². The molecule has 0 atom stereocenters. The molecule has 4 nitrogen and oxygen atoms in total. The SMILES string of the molecule is CC(=O)c1c(OC(=O)N2CCC(Cc3ccccc3)CC2)ccc2ccccc12. The Morgan fingerprint density at radius 1 is 0.931 bits per heavy atom. The first-order chi connectivity index (χ1) is 14.1. The van der Waals surface area contributed by atoms with Gasteiger partial charge in [0.25, 0.3) is 0 Å². The van der Waals surface area contributed by atoms with Crippen LogP contribution in [0, 0.1) is 5.92 Å². The van der Waals surface area contributed by atoms with Crippen LogP contribution >= 0.6 is 0 Å². The lowest BCUT2D eigenvalue weighted by atomic mass is 9.90. The molecule has 1 amide bonds. The second-order valence-corrected chi connectivity index (χ2v) is 7.70. The summed E-state index contributed by atoms with van der Waals surface area (Å²) in [5.74, 6) is 0.814. The lowest BCUT2D eigenvalue weighted by molar-refractivity contribution is 0.101. The van der Waals surface area contributed by atoms with Crippen molar-refractivity contribution < 1.29 is 14.3 Å². The third-order valence-electron chi connectivity index (χ3n) is 5.68. The number of hydrogen-bond acceptors (Lipinski definition) is 3. The molecule has 1 fully saturated rings. The molecular weight excluding hydrogens is 362 g/mol. The Labute approximate surface area is 171 Å². The number of carbonyl (C=O) groups excluding carboxylic acids is 2. The van der Waals surface area contributed by atoms with Gasteiger partial charge in [-0.15, -0.1) is 0 Å². The van der Waals surface area contributed by atoms with Crippen molar-refractivity contribution in [1.82, 2.24) is 4.90 Å². The van der Waals surface area contributed by atoms with E-state index in [1.807, 2.05) is 36.4 Å². The Bertz CT molecular complexity index is 1020. The van der Waals surface area contributed by atoms with Crippen LogP contribution in [-0.2, 0) is 6.42 Å². The maximum Gasteiger partial charge on any atom is 0.415 e. The first-order valence-electron chi connectivity index (χ1n) is 10.1. The van der Waals surface area contributed by atoms with Crippen molar-refractivity contribution in [1.29, 1.82) is 0 Å². The number of carbonyl (C=O) groups is 2. The molecule has 0 spiro atoms. The number of likely N-dealkylation sites (tertiary alicyclic amines) is 1. The van der Waals surface area contributed by atoms with Gasteiger partial charge in [0.15, 0.2) is 5.78 Å². The molecule has 0 aromatic heterocycles. The lowest BCUT2D eigenvalue weighted by Crippen LogP contribution is -2.40. The Balaban J connectivity index is 1.43. The van der Waals surface area contributed by atoms with E-state index in [0.717, 1.165) is 30.0 Å². The fourth-order valence-electron chi connectivity index (χ4n) is 4.13. The van der Waals surface area contributed by atoms with Gasteiger partial charge in [-0.3, -0.25) is 4.79 Å². The third-order valence-corrected chi connectivity index (χ3v) is 5.68. The van der Waals surface area contributed by atoms with Crippen LogP contribution in [0.25, 0.3) is 10.8 Å². The van der Waals surface area contributed by atoms with Gasteiger partial charge in [-0.2, -0.15) is 0 Å². The summed E-state index contributed by atoms with van der Waals surface area (Å²) in [6.07, 6.45) is 2.59. The minimum absolute atomic E-state index is 0.105. The smallest absolute Gasteiger partial charge is 0.409 e. The minimum Gasteiger partial charge on any atom is -0.409 e. The summed E-state index contributed by atoms with van der Waals surface area (Å²) < 4.78 is 5.67. The molecule has 1 heterocycles. The highest BCUT2D eigenvalue weighted by Gasteiger charge is 2.25. The van der Waals surface area contributed by atoms with Crippen molar-refractivity contribution in [3.8, 4) is 5.75 Å². The van der Waals surface area contributed by atoms with E-state index >= 15 is 0 Å². The van der Waals surface area contributed by atoms with Crippen molar-refractivity contribution in [2.24, 2.45) is 5.92 Å². The van der Waals surface area contributed by atoms with Crippen LogP contribution in [-0.4, -0.2) is 29.9 Å². The number of amides is 1. The molecule has 0 saturated carbocycles. The van der Waals surface area contributed by atoms with Crippen LogP contribution in [0.2, 0.25) is 0 Å². The van der Waals surface area contributed by atoms with Crippen LogP contribution in [0.3, 0.4) is 0 Å². The summed E-state index contributed by atoms with van der Waals surface area (Å²) in [5.41, 5.74) is 1.81. The molecule has 0 aliphatic carbocycles. The molecule has 0 radical (unpaired) electrons. The van der Waals surface area contributed by atoms with Gasteiger partial charge in [-0.25, -0.2) is 4.79 Å². The van der Waals surface area contributed by atoms with Crippen LogP contribution < -0.4 is 4.74 Å². The van der Waals surface area contributed by atoms with Crippen LogP contribution in [0.4, 0.5) is 4.79 Å². The van der Waals surface area contributed by atoms with Crippen molar-refractivity contribution in [2.75, 3.05) is 13.1 Å². The van der Waals surface area contributed by atoms with E-state index in [9.17, 15) is 9.59 Å². The number of fused-ring (bicyclic) bond motifs is 1. The molecule has 4 heteroatoms. The van der Waals surface area contributed by atoms with Crippen LogP contribution in [0.5, 0.6) is 5.75 Å². The van der Waals surface area contributed by atoms with E-state index in [0.29, 0.717) is 30.3 Å². The monoisotopic (exact) mass is 387 g/mol. The van der Waals surface area contributed by atoms with Gasteiger partial charge in [0.2, 0.25) is 0 Å². The maximum atomic E-state index is 12.7. The molecule has 1 aliphatic rings. The first kappa shape index (κ1) is 19.2. The van der Waals surface area contributed by atoms with Crippen LogP contribution in [0.15, 0.2) is 66.7 Å². The molecule has 0 bridgehead atoms. The van der Waals surface area contributed by atoms with Gasteiger partial charge < -0.3 is 9.64 Å². The zero-order valence-corrected chi connectivity index (χ0v) is 16.6. The molecule has 3 aromatic rings. The van der Waals surface area contributed by atoms with Crippen molar-refractivity contribution in [2.45, 2.75) is 26.2 Å². The largest absolute Gasteiger partial charge is 0.415 e. The summed E-state index contributed by atoms with van der Waals surface area (Å²) in [6.45, 7) is 2.87. The van der Waals surface area contributed by atoms with Gasteiger partial charge in [0, 0.05) is 13.1 Å². The van der Waals surface area contributed by atoms with Crippen molar-refractivity contribution in [3.63, 3.8) is 0 Å². The second kappa shape index (κ2) is 8.48. The fourth-order valence-corrected chi connectivity index (χ4v) is 4.13. The summed E-state index contributed by atoms with van der Waals surface area (Å²) in [6, 6.07) is 21.7. The molecule has 1 saturated heterocycles. The summed E-state index contributed by atoms with van der Waals surface area (Å²) in [5, 5.41) is 1.77. The number of Topliss-reactive ketones (excluding diaryl/α,β-unsaturated/α-hetero) is 1. The van der Waals surface area contributed by atoms with E-state index in [-0.39, 0.29) is 11.9 Å². The number of piperidine rings is 1. The van der Waals surface area contributed by atoms with Gasteiger partial charge in [0.1, 0.15) is 5.75 Å². The summed E-state index contributed by atoms with van der Waals surface area (Å²) >= 11 is 0. The zero-order chi connectivity index (χ0) is 20.2. The Morgan fingerprint density at radius 2 is 1.62 bits per heavy atom. The minimum atomic E-state index is -0.374. The second-order valence-electron chi connectivity index (χ2n) is 7.70. The number of hydrogen-bond donors (Lipinski definition) is 0. The molecule has 1 aliphatic heterocycles. The number of rotatable bonds is 4. The predicted octanol–water partition coefficient (Wildman–Crippen LogP) is 5.50. The standard InChI is InChI=1S/C25H25NO3/c1-18(27)24-22-10-6-5-9-21(22)11-12-23(24)29-25(28)26-15-13-20(14-16-26)17-19-7-3-2-4-8-19/h2-12,20H,13-17H2,1H3. The molecule has 0 unspecified atom stereocenters. The number of benzene rings is 3. The average molecular weight is 387 g/mol. The maximum absolute atomic E-state index is 12.7. The first-order valence-corrected chi connectivity index (χ1v) is 10.1. The number of nitrogens with zero attached hydrogens (tertiary/aromatic N) is 1. The van der Waals surface area contributed by atoms with Gasteiger partial charge >= 0.3 is 6.09 Å². The molecule has 148 valence electrons. The topological polar surface area (TPSA) is 46.6 Å². The highest BCUT2D eigenvalue weighted by atomic mass is 16.6. The zero-order valence-electron chi connectivity index (χ0n) is 16.6. The van der Waals surface area contributed by atoms with E-state index in [1.54, 1.807) is 11.0 Å². The average Bonchev–Trinajstić information content (AvgIpc) is 2.74. The molecule has 0 N–H and O–H groups in total. The molecular formula is C25H25NO3. The van der Waals surface area contributed by atoms with E-state index in [1.165, 1.54) is 12.5 Å². The third kappa shape index (κ3) is 4.32. The van der Waals surface area contributed by atoms with E-state index in [2.05, 4.69) is 24.3 Å². The molecule has 4 rings (SSSR count). The fraction of sp³-hybridized carbons (Fsp3) is 0.280. The van der Waals surface area contributed by atoms with Crippen molar-refractivity contribution in [3.05, 3.63) is 77.9 Å². The molecule has 29 heavy (non-hydrogen) atoms. The van der Waals surface area contributed by atoms with E-state index < -0.39 is 0 Å². The quantitative estimate of drug-likeness (QED) is 0.556. The number of ketones is 1. The van der Waals surface area contributed by atoms with Crippen molar-refractivity contribution >= 4 is 22.6 Å². The summed E-state index contributed by atoms with van der Waals surface area (Å²) in [7, 11) is 0. The number of ether oxygens (including phenoxy) is 1. The Kier molecular flexibility index (Phi) is 5.61. The van der Waals surface area contributed by atoms with Gasteiger partial charge in [-0.05, 0) is 54.5 Å². The van der Waals surface area contributed by atoms with Crippen LogP contribution in [0.1, 0.15) is 35.7 Å². The Hall–Kier alpha value is -3.14. The Morgan fingerprint density at radius 3 is 2.34 bits per heavy atom. The molecule has 3 aromatic carbocycles. The predicted molar refractivity (Wildman–Crippen MR) is 114 cm³/mol. The van der Waals surface area contributed by atoms with Gasteiger partial charge in [0.05, 0.1) is 5.56 Å². The highest BCUT2D eigenvalue weighted by molar-refractivity contribution is 6.09.